The van der Waals surface area contributed by atoms with Crippen molar-refractivity contribution in [1.82, 2.24) is 9.97 Å². The summed E-state index contributed by atoms with van der Waals surface area (Å²) in [5, 5.41) is -0.744. The zero-order valence-electron chi connectivity index (χ0n) is 9.25. The van der Waals surface area contributed by atoms with Gasteiger partial charge in [0.25, 0.3) is 0 Å². The molecule has 1 atom stereocenters. The molecule has 0 spiro atoms. The first-order valence-electron chi connectivity index (χ1n) is 4.81. The quantitative estimate of drug-likeness (QED) is 0.792. The number of carbonyl (C=O) groups excluding carboxylic acids is 1. The molecule has 2 heterocycles. The molecule has 5 nitrogen and oxygen atoms in total. The van der Waals surface area contributed by atoms with E-state index in [2.05, 4.69) is 9.97 Å². The van der Waals surface area contributed by atoms with Crippen LogP contribution >= 0.6 is 11.3 Å². The standard InChI is InChI=1S/C10H10N2O3S2/c1-6(17(2,14)15)9-8(4-13)16-7-3-11-5-12-10(7)9/h3-6H,1-2H3. The van der Waals surface area contributed by atoms with Gasteiger partial charge >= 0.3 is 0 Å². The Morgan fingerprint density at radius 3 is 2.76 bits per heavy atom. The van der Waals surface area contributed by atoms with E-state index in [9.17, 15) is 13.2 Å². The van der Waals surface area contributed by atoms with Crippen LogP contribution in [0.2, 0.25) is 0 Å². The van der Waals surface area contributed by atoms with Crippen molar-refractivity contribution in [2.75, 3.05) is 6.26 Å². The molecule has 0 aliphatic heterocycles. The highest BCUT2D eigenvalue weighted by Crippen LogP contribution is 2.35. The Kier molecular flexibility index (Phi) is 2.96. The molecule has 0 radical (unpaired) electrons. The van der Waals surface area contributed by atoms with Gasteiger partial charge < -0.3 is 0 Å². The summed E-state index contributed by atoms with van der Waals surface area (Å²) in [6.07, 6.45) is 4.75. The van der Waals surface area contributed by atoms with Crippen molar-refractivity contribution >= 4 is 37.7 Å². The van der Waals surface area contributed by atoms with Gasteiger partial charge in [0.15, 0.2) is 16.1 Å². The summed E-state index contributed by atoms with van der Waals surface area (Å²) in [4.78, 5) is 19.3. The highest BCUT2D eigenvalue weighted by Gasteiger charge is 2.25. The van der Waals surface area contributed by atoms with E-state index < -0.39 is 15.1 Å². The normalized spacial score (nSPS) is 13.8. The minimum atomic E-state index is -3.26. The van der Waals surface area contributed by atoms with Gasteiger partial charge in [0.2, 0.25) is 0 Å². The van der Waals surface area contributed by atoms with Gasteiger partial charge in [-0.15, -0.1) is 11.3 Å². The maximum Gasteiger partial charge on any atom is 0.160 e. The van der Waals surface area contributed by atoms with Gasteiger partial charge in [-0.1, -0.05) is 0 Å². The lowest BCUT2D eigenvalue weighted by Crippen LogP contribution is -2.09. The first kappa shape index (κ1) is 12.1. The number of aromatic nitrogens is 2. The summed E-state index contributed by atoms with van der Waals surface area (Å²) in [7, 11) is -3.26. The lowest BCUT2D eigenvalue weighted by Gasteiger charge is -2.08. The molecule has 7 heteroatoms. The predicted octanol–water partition coefficient (Wildman–Crippen LogP) is 1.61. The molecule has 17 heavy (non-hydrogen) atoms. The van der Waals surface area contributed by atoms with Gasteiger partial charge in [-0.25, -0.2) is 18.4 Å². The summed E-state index contributed by atoms with van der Waals surface area (Å²) >= 11 is 1.21. The molecule has 0 amide bonds. The lowest BCUT2D eigenvalue weighted by atomic mass is 10.2. The minimum absolute atomic E-state index is 0.401. The fourth-order valence-electron chi connectivity index (χ4n) is 1.58. The summed E-state index contributed by atoms with van der Waals surface area (Å²) in [6.45, 7) is 1.56. The summed E-state index contributed by atoms with van der Waals surface area (Å²) in [5.41, 5.74) is 1.02. The second-order valence-corrected chi connectivity index (χ2v) is 7.16. The molecule has 1 unspecified atom stereocenters. The van der Waals surface area contributed by atoms with E-state index in [1.54, 1.807) is 13.1 Å². The Balaban J connectivity index is 2.79. The molecular weight excluding hydrogens is 260 g/mol. The van der Waals surface area contributed by atoms with Gasteiger partial charge in [-0.05, 0) is 6.92 Å². The number of rotatable bonds is 3. The van der Waals surface area contributed by atoms with E-state index in [4.69, 9.17) is 0 Å². The molecule has 0 saturated carbocycles. The maximum atomic E-state index is 11.6. The van der Waals surface area contributed by atoms with Gasteiger partial charge in [-0.3, -0.25) is 4.79 Å². The smallest absolute Gasteiger partial charge is 0.160 e. The Labute approximate surface area is 102 Å². The molecule has 0 aliphatic rings. The summed E-state index contributed by atoms with van der Waals surface area (Å²) in [5.74, 6) is 0. The van der Waals surface area contributed by atoms with E-state index in [-0.39, 0.29) is 0 Å². The number of sulfone groups is 1. The number of carbonyl (C=O) groups is 1. The Morgan fingerprint density at radius 2 is 2.18 bits per heavy atom. The number of fused-ring (bicyclic) bond motifs is 1. The molecule has 90 valence electrons. The van der Waals surface area contributed by atoms with E-state index >= 15 is 0 Å². The average Bonchev–Trinajstić information content (AvgIpc) is 2.64. The predicted molar refractivity (Wildman–Crippen MR) is 66.1 cm³/mol. The molecular formula is C10H10N2O3S2. The van der Waals surface area contributed by atoms with Crippen LogP contribution in [-0.4, -0.2) is 30.9 Å². The molecule has 2 aromatic rings. The van der Waals surface area contributed by atoms with Crippen LogP contribution in [0.4, 0.5) is 0 Å². The van der Waals surface area contributed by atoms with E-state index in [0.29, 0.717) is 22.2 Å². The number of nitrogens with zero attached hydrogens (tertiary/aromatic N) is 2. The Bertz CT molecular complexity index is 676. The number of aldehydes is 1. The number of hydrogen-bond acceptors (Lipinski definition) is 6. The SMILES string of the molecule is CC(c1c(C=O)sc2cncnc12)S(C)(=O)=O. The first-order valence-corrected chi connectivity index (χ1v) is 7.58. The van der Waals surface area contributed by atoms with Crippen LogP contribution in [0.5, 0.6) is 0 Å². The van der Waals surface area contributed by atoms with Crippen molar-refractivity contribution in [3.63, 3.8) is 0 Å². The van der Waals surface area contributed by atoms with Crippen molar-refractivity contribution in [2.45, 2.75) is 12.2 Å². The van der Waals surface area contributed by atoms with E-state index in [0.717, 1.165) is 11.0 Å². The molecule has 0 N–H and O–H groups in total. The van der Waals surface area contributed by atoms with Crippen molar-refractivity contribution in [3.05, 3.63) is 23.0 Å². The summed E-state index contributed by atoms with van der Waals surface area (Å²) in [6, 6.07) is 0. The van der Waals surface area contributed by atoms with Crippen molar-refractivity contribution in [3.8, 4) is 0 Å². The number of thiophene rings is 1. The van der Waals surface area contributed by atoms with Crippen LogP contribution in [0.25, 0.3) is 10.2 Å². The van der Waals surface area contributed by atoms with Crippen molar-refractivity contribution in [1.29, 1.82) is 0 Å². The fourth-order valence-corrected chi connectivity index (χ4v) is 3.36. The van der Waals surface area contributed by atoms with E-state index in [1.165, 1.54) is 17.7 Å². The largest absolute Gasteiger partial charge is 0.297 e. The third kappa shape index (κ3) is 2.07. The number of hydrogen-bond donors (Lipinski definition) is 0. The van der Waals surface area contributed by atoms with Crippen molar-refractivity contribution in [2.24, 2.45) is 0 Å². The average molecular weight is 270 g/mol. The zero-order valence-corrected chi connectivity index (χ0v) is 10.9. The first-order chi connectivity index (χ1) is 7.95. The van der Waals surface area contributed by atoms with Gasteiger partial charge in [0, 0.05) is 18.0 Å². The van der Waals surface area contributed by atoms with Crippen LogP contribution < -0.4 is 0 Å². The second kappa shape index (κ2) is 4.15. The Morgan fingerprint density at radius 1 is 1.47 bits per heavy atom. The van der Waals surface area contributed by atoms with Crippen LogP contribution in [0, 0.1) is 0 Å². The van der Waals surface area contributed by atoms with Gasteiger partial charge in [-0.2, -0.15) is 0 Å². The molecule has 0 saturated heterocycles. The third-order valence-electron chi connectivity index (χ3n) is 2.57. The highest BCUT2D eigenvalue weighted by molar-refractivity contribution is 7.90. The molecule has 2 rings (SSSR count). The van der Waals surface area contributed by atoms with E-state index in [1.807, 2.05) is 0 Å². The van der Waals surface area contributed by atoms with Crippen LogP contribution in [0.15, 0.2) is 12.5 Å². The molecule has 0 aliphatic carbocycles. The van der Waals surface area contributed by atoms with Crippen LogP contribution in [0.1, 0.15) is 27.4 Å². The topological polar surface area (TPSA) is 77.0 Å². The summed E-state index contributed by atoms with van der Waals surface area (Å²) < 4.78 is 23.9. The van der Waals surface area contributed by atoms with Crippen LogP contribution in [0.3, 0.4) is 0 Å². The molecule has 2 aromatic heterocycles. The zero-order chi connectivity index (χ0) is 12.6. The minimum Gasteiger partial charge on any atom is -0.297 e. The maximum absolute atomic E-state index is 11.6. The van der Waals surface area contributed by atoms with Crippen molar-refractivity contribution < 1.29 is 13.2 Å². The van der Waals surface area contributed by atoms with Crippen LogP contribution in [-0.2, 0) is 9.84 Å². The lowest BCUT2D eigenvalue weighted by molar-refractivity contribution is 0.112. The molecule has 0 aromatic carbocycles. The highest BCUT2D eigenvalue weighted by atomic mass is 32.2. The third-order valence-corrected chi connectivity index (χ3v) is 5.15. The molecule has 0 bridgehead atoms. The molecule has 0 fully saturated rings. The second-order valence-electron chi connectivity index (χ2n) is 3.71. The van der Waals surface area contributed by atoms with Gasteiger partial charge in [0.1, 0.15) is 6.33 Å². The van der Waals surface area contributed by atoms with Gasteiger partial charge in [0.05, 0.1) is 20.3 Å². The monoisotopic (exact) mass is 270 g/mol. The fraction of sp³-hybridized carbons (Fsp3) is 0.300. The Hall–Kier alpha value is -1.34.